The summed E-state index contributed by atoms with van der Waals surface area (Å²) >= 11 is 0. The Morgan fingerprint density at radius 2 is 0.694 bits per heavy atom. The van der Waals surface area contributed by atoms with Crippen LogP contribution in [0.1, 0.15) is 335 Å². The summed E-state index contributed by atoms with van der Waals surface area (Å²) in [5.41, 5.74) is 0. The van der Waals surface area contributed by atoms with Crippen molar-refractivity contribution in [3.8, 4) is 0 Å². The number of unbranched alkanes of at least 4 members (excludes halogenated alkanes) is 42. The molecule has 0 fully saturated rings. The Kier molecular flexibility index (Phi) is 59.5. The van der Waals surface area contributed by atoms with Crippen molar-refractivity contribution in [3.05, 3.63) is 48.6 Å². The molecule has 6 nitrogen and oxygen atoms in total. The van der Waals surface area contributed by atoms with Gasteiger partial charge in [0.05, 0.1) is 25.4 Å². The third-order valence-corrected chi connectivity index (χ3v) is 14.6. The highest BCUT2D eigenvalue weighted by atomic mass is 16.5. The van der Waals surface area contributed by atoms with E-state index in [1.54, 1.807) is 6.08 Å². The molecular weight excluding hydrogens is 887 g/mol. The first-order valence-electron chi connectivity index (χ1n) is 31.9. The Morgan fingerprint density at radius 3 is 1.07 bits per heavy atom. The zero-order chi connectivity index (χ0) is 52.2. The van der Waals surface area contributed by atoms with Crippen LogP contribution in [0.3, 0.4) is 0 Å². The number of nitrogens with one attached hydrogen (secondary N) is 1. The van der Waals surface area contributed by atoms with E-state index in [4.69, 9.17) is 4.74 Å². The van der Waals surface area contributed by atoms with Crippen molar-refractivity contribution >= 4 is 11.9 Å². The van der Waals surface area contributed by atoms with E-state index in [1.807, 2.05) is 6.08 Å². The molecule has 3 N–H and O–H groups in total. The van der Waals surface area contributed by atoms with Gasteiger partial charge in [0.1, 0.15) is 0 Å². The van der Waals surface area contributed by atoms with Crippen molar-refractivity contribution in [2.24, 2.45) is 0 Å². The van der Waals surface area contributed by atoms with Crippen LogP contribution in [0.4, 0.5) is 0 Å². The molecule has 1 amide bonds. The van der Waals surface area contributed by atoms with Gasteiger partial charge in [-0.1, -0.05) is 274 Å². The van der Waals surface area contributed by atoms with Crippen molar-refractivity contribution < 1.29 is 24.5 Å². The molecule has 0 aliphatic rings. The zero-order valence-electron chi connectivity index (χ0n) is 48.2. The SMILES string of the molecule is CCCCCCCCC/C=C\CCCCCCCC(=O)OCCCCC/C=C\C/C=C\CCCCCCCCCC(=O)NC(CO)C(O)/C=C/CCCCCCCCCCCCCCCCCCCCCC. The molecule has 0 bridgehead atoms. The summed E-state index contributed by atoms with van der Waals surface area (Å²) in [6.07, 6.45) is 78.7. The quantitative estimate of drug-likeness (QED) is 0.0320. The van der Waals surface area contributed by atoms with Crippen LogP contribution in [0.25, 0.3) is 0 Å². The van der Waals surface area contributed by atoms with Crippen LogP contribution in [0.5, 0.6) is 0 Å². The summed E-state index contributed by atoms with van der Waals surface area (Å²) in [6, 6.07) is -0.642. The molecule has 0 saturated heterocycles. The maximum Gasteiger partial charge on any atom is 0.305 e. The number of allylic oxidation sites excluding steroid dienone is 7. The minimum absolute atomic E-state index is 0.0237. The average Bonchev–Trinajstić information content (AvgIpc) is 3.38. The van der Waals surface area contributed by atoms with Gasteiger partial charge in [-0.25, -0.2) is 0 Å². The molecule has 0 spiro atoms. The van der Waals surface area contributed by atoms with Crippen molar-refractivity contribution in [3.63, 3.8) is 0 Å². The molecule has 72 heavy (non-hydrogen) atoms. The van der Waals surface area contributed by atoms with Crippen molar-refractivity contribution in [1.29, 1.82) is 0 Å². The average molecular weight is 1010 g/mol. The van der Waals surface area contributed by atoms with Crippen molar-refractivity contribution in [1.82, 2.24) is 5.32 Å². The fourth-order valence-corrected chi connectivity index (χ4v) is 9.66. The van der Waals surface area contributed by atoms with Gasteiger partial charge in [-0.2, -0.15) is 0 Å². The summed E-state index contributed by atoms with van der Waals surface area (Å²) in [6.45, 7) is 4.87. The van der Waals surface area contributed by atoms with E-state index in [0.29, 0.717) is 19.4 Å². The van der Waals surface area contributed by atoms with Gasteiger partial charge in [0.25, 0.3) is 0 Å². The summed E-state index contributed by atoms with van der Waals surface area (Å²) in [4.78, 5) is 24.6. The van der Waals surface area contributed by atoms with Gasteiger partial charge in [-0.05, 0) is 96.3 Å². The maximum atomic E-state index is 12.5. The fraction of sp³-hybridized carbons (Fsp3) is 0.848. The first-order chi connectivity index (χ1) is 35.5. The molecule has 0 saturated carbocycles. The number of carbonyl (C=O) groups is 2. The maximum absolute atomic E-state index is 12.5. The second-order valence-corrected chi connectivity index (χ2v) is 21.7. The highest BCUT2D eigenvalue weighted by Crippen LogP contribution is 2.17. The largest absolute Gasteiger partial charge is 0.466 e. The standard InChI is InChI=1S/C66H123NO5/c1-3-5-7-9-11-13-15-17-19-21-22-23-24-25-27-30-34-38-42-46-50-54-58-64(69)63(62-68)67-65(70)59-55-51-47-43-39-35-31-28-26-29-33-37-41-45-49-53-57-61-72-66(71)60-56-52-48-44-40-36-32-20-18-16-14-12-10-8-6-4-2/h20,26,29,32,37,41,54,58,63-64,68-69H,3-19,21-25,27-28,30-31,33-36,38-40,42-53,55-57,59-62H2,1-2H3,(H,67,70)/b29-26-,32-20-,41-37-,58-54+. The van der Waals surface area contributed by atoms with Gasteiger partial charge >= 0.3 is 5.97 Å². The lowest BCUT2D eigenvalue weighted by Crippen LogP contribution is -2.45. The Morgan fingerprint density at radius 1 is 0.389 bits per heavy atom. The third-order valence-electron chi connectivity index (χ3n) is 14.6. The summed E-state index contributed by atoms with van der Waals surface area (Å²) < 4.78 is 5.46. The lowest BCUT2D eigenvalue weighted by Gasteiger charge is -2.20. The fourth-order valence-electron chi connectivity index (χ4n) is 9.66. The highest BCUT2D eigenvalue weighted by Gasteiger charge is 2.18. The number of aliphatic hydroxyl groups excluding tert-OH is 2. The topological polar surface area (TPSA) is 95.9 Å². The molecule has 0 aromatic rings. The molecule has 0 aromatic heterocycles. The van der Waals surface area contributed by atoms with Crippen LogP contribution in [0.2, 0.25) is 0 Å². The second-order valence-electron chi connectivity index (χ2n) is 21.7. The van der Waals surface area contributed by atoms with E-state index in [9.17, 15) is 19.8 Å². The molecule has 0 aliphatic carbocycles. The molecule has 2 unspecified atom stereocenters. The molecule has 2 atom stereocenters. The predicted molar refractivity (Wildman–Crippen MR) is 315 cm³/mol. The van der Waals surface area contributed by atoms with E-state index in [0.717, 1.165) is 83.5 Å². The molecule has 0 aliphatic heterocycles. The Labute approximate surface area is 448 Å². The van der Waals surface area contributed by atoms with Crippen LogP contribution in [-0.4, -0.2) is 47.4 Å². The molecule has 0 heterocycles. The monoisotopic (exact) mass is 1010 g/mol. The van der Waals surface area contributed by atoms with E-state index < -0.39 is 12.1 Å². The van der Waals surface area contributed by atoms with Gasteiger partial charge in [-0.3, -0.25) is 9.59 Å². The zero-order valence-corrected chi connectivity index (χ0v) is 48.2. The summed E-state index contributed by atoms with van der Waals surface area (Å²) in [5.74, 6) is -0.106. The summed E-state index contributed by atoms with van der Waals surface area (Å²) in [7, 11) is 0. The van der Waals surface area contributed by atoms with Gasteiger partial charge < -0.3 is 20.3 Å². The van der Waals surface area contributed by atoms with Gasteiger partial charge in [0, 0.05) is 12.8 Å². The van der Waals surface area contributed by atoms with Gasteiger partial charge in [0.2, 0.25) is 5.91 Å². The Bertz CT molecular complexity index is 1210. The van der Waals surface area contributed by atoms with Crippen molar-refractivity contribution in [2.45, 2.75) is 347 Å². The molecular formula is C66H123NO5. The van der Waals surface area contributed by atoms with E-state index in [1.165, 1.54) is 225 Å². The first kappa shape index (κ1) is 69.8. The van der Waals surface area contributed by atoms with Crippen LogP contribution < -0.4 is 5.32 Å². The smallest absolute Gasteiger partial charge is 0.305 e. The Balaban J connectivity index is 3.53. The van der Waals surface area contributed by atoms with Gasteiger partial charge in [-0.15, -0.1) is 0 Å². The minimum Gasteiger partial charge on any atom is -0.466 e. The minimum atomic E-state index is -0.857. The number of amides is 1. The number of rotatable bonds is 59. The van der Waals surface area contributed by atoms with Crippen LogP contribution >= 0.6 is 0 Å². The Hall–Kier alpha value is -2.18. The molecule has 0 aromatic carbocycles. The molecule has 0 rings (SSSR count). The number of ether oxygens (including phenoxy) is 1. The summed E-state index contributed by atoms with van der Waals surface area (Å²) in [5, 5.41) is 23.2. The number of carbonyl (C=O) groups excluding carboxylic acids is 2. The number of hydrogen-bond acceptors (Lipinski definition) is 5. The van der Waals surface area contributed by atoms with E-state index in [-0.39, 0.29) is 18.5 Å². The van der Waals surface area contributed by atoms with Crippen LogP contribution in [0, 0.1) is 0 Å². The van der Waals surface area contributed by atoms with Crippen LogP contribution in [0.15, 0.2) is 48.6 Å². The highest BCUT2D eigenvalue weighted by molar-refractivity contribution is 5.76. The van der Waals surface area contributed by atoms with E-state index >= 15 is 0 Å². The van der Waals surface area contributed by atoms with Gasteiger partial charge in [0.15, 0.2) is 0 Å². The number of esters is 1. The number of hydrogen-bond donors (Lipinski definition) is 3. The molecule has 0 radical (unpaired) electrons. The van der Waals surface area contributed by atoms with E-state index in [2.05, 4.69) is 55.6 Å². The lowest BCUT2D eigenvalue weighted by molar-refractivity contribution is -0.143. The third kappa shape index (κ3) is 57.1. The lowest BCUT2D eigenvalue weighted by atomic mass is 10.0. The molecule has 422 valence electrons. The molecule has 6 heteroatoms. The number of aliphatic hydroxyl groups is 2. The normalized spacial score (nSPS) is 12.9. The second kappa shape index (κ2) is 61.4. The predicted octanol–water partition coefficient (Wildman–Crippen LogP) is 20.1. The van der Waals surface area contributed by atoms with Crippen LogP contribution in [-0.2, 0) is 14.3 Å². The van der Waals surface area contributed by atoms with Crippen molar-refractivity contribution in [2.75, 3.05) is 13.2 Å². The first-order valence-corrected chi connectivity index (χ1v) is 31.9.